The van der Waals surface area contributed by atoms with Gasteiger partial charge in [0.15, 0.2) is 5.54 Å². The van der Waals surface area contributed by atoms with Gasteiger partial charge in [0.1, 0.15) is 0 Å². The molecule has 1 fully saturated rings. The fraction of sp³-hybridized carbons (Fsp3) is 0.381. The molecule has 140 valence electrons. The lowest BCUT2D eigenvalue weighted by Gasteiger charge is -2.25. The second-order valence-electron chi connectivity index (χ2n) is 7.82. The van der Waals surface area contributed by atoms with Gasteiger partial charge >= 0.3 is 0 Å². The van der Waals surface area contributed by atoms with E-state index in [1.165, 1.54) is 5.56 Å². The monoisotopic (exact) mass is 365 g/mol. The summed E-state index contributed by atoms with van der Waals surface area (Å²) in [5.74, 6) is -0.361. The van der Waals surface area contributed by atoms with Crippen LogP contribution in [0.2, 0.25) is 0 Å². The molecule has 2 heterocycles. The highest BCUT2D eigenvalue weighted by Gasteiger charge is 2.67. The number of anilines is 1. The van der Waals surface area contributed by atoms with Crippen LogP contribution in [0.4, 0.5) is 5.69 Å². The molecule has 6 nitrogen and oxygen atoms in total. The second-order valence-corrected chi connectivity index (χ2v) is 7.82. The van der Waals surface area contributed by atoms with Crippen LogP contribution in [0.25, 0.3) is 0 Å². The maximum absolute atomic E-state index is 13.0. The largest absolute Gasteiger partial charge is 0.324 e. The van der Waals surface area contributed by atoms with Gasteiger partial charge in [0.2, 0.25) is 0 Å². The molecule has 2 aromatic carbocycles. The molecular weight excluding hydrogens is 342 g/mol. The molecule has 0 aliphatic carbocycles. The van der Waals surface area contributed by atoms with Gasteiger partial charge in [-0.2, -0.15) is 0 Å². The number of benzene rings is 2. The molecular formula is C21H23N3O3. The lowest BCUT2D eigenvalue weighted by Crippen LogP contribution is -2.54. The van der Waals surface area contributed by atoms with Crippen LogP contribution in [0.15, 0.2) is 48.5 Å². The highest BCUT2D eigenvalue weighted by molar-refractivity contribution is 6.07. The molecule has 27 heavy (non-hydrogen) atoms. The number of para-hydroxylation sites is 1. The first-order valence-corrected chi connectivity index (χ1v) is 9.28. The minimum atomic E-state index is -1.35. The SMILES string of the molecule is CC(C)c1ccc([C@@H]2[C@H](C)N[C@]3(C(=O)Nc4ccccc43)[C@@H]2[N+](=O)[O-])cc1. The molecule has 1 spiro atoms. The summed E-state index contributed by atoms with van der Waals surface area (Å²) in [6, 6.07) is 13.9. The topological polar surface area (TPSA) is 84.3 Å². The average Bonchev–Trinajstić information content (AvgIpc) is 3.10. The normalized spacial score (nSPS) is 29.2. The number of amides is 1. The van der Waals surface area contributed by atoms with Gasteiger partial charge in [-0.25, -0.2) is 0 Å². The van der Waals surface area contributed by atoms with E-state index in [2.05, 4.69) is 24.5 Å². The summed E-state index contributed by atoms with van der Waals surface area (Å²) in [6.45, 7) is 6.15. The third-order valence-electron chi connectivity index (χ3n) is 5.95. The van der Waals surface area contributed by atoms with Gasteiger partial charge in [0.25, 0.3) is 11.9 Å². The van der Waals surface area contributed by atoms with Gasteiger partial charge in [0.05, 0.1) is 5.92 Å². The smallest absolute Gasteiger partial charge is 0.256 e. The third-order valence-corrected chi connectivity index (χ3v) is 5.95. The van der Waals surface area contributed by atoms with E-state index in [-0.39, 0.29) is 16.9 Å². The Morgan fingerprint density at radius 2 is 1.78 bits per heavy atom. The van der Waals surface area contributed by atoms with Crippen LogP contribution in [0.1, 0.15) is 49.3 Å². The Kier molecular flexibility index (Phi) is 4.03. The molecule has 0 unspecified atom stereocenters. The Labute approximate surface area is 158 Å². The number of carbonyl (C=O) groups is 1. The third kappa shape index (κ3) is 2.47. The Morgan fingerprint density at radius 3 is 2.41 bits per heavy atom. The van der Waals surface area contributed by atoms with Crippen molar-refractivity contribution in [1.82, 2.24) is 5.32 Å². The standard InChI is InChI=1S/C21H23N3O3/c1-12(2)14-8-10-15(11-9-14)18-13(3)23-21(19(18)24(26)27)16-6-4-5-7-17(16)22-20(21)25/h4-13,18-19,23H,1-3H3,(H,22,25)/t13-,18-,19+,21-/m0/s1. The van der Waals surface area contributed by atoms with E-state index in [1.54, 1.807) is 12.1 Å². The quantitative estimate of drug-likeness (QED) is 0.645. The van der Waals surface area contributed by atoms with Crippen LogP contribution < -0.4 is 10.6 Å². The Bertz CT molecular complexity index is 909. The zero-order valence-electron chi connectivity index (χ0n) is 15.6. The highest BCUT2D eigenvalue weighted by Crippen LogP contribution is 2.49. The molecule has 0 bridgehead atoms. The van der Waals surface area contributed by atoms with Gasteiger partial charge in [-0.15, -0.1) is 0 Å². The van der Waals surface area contributed by atoms with Crippen molar-refractivity contribution >= 4 is 11.6 Å². The van der Waals surface area contributed by atoms with Gasteiger partial charge in [-0.3, -0.25) is 20.2 Å². The predicted molar refractivity (Wildman–Crippen MR) is 103 cm³/mol. The molecule has 6 heteroatoms. The predicted octanol–water partition coefficient (Wildman–Crippen LogP) is 3.38. The van der Waals surface area contributed by atoms with E-state index in [4.69, 9.17) is 0 Å². The van der Waals surface area contributed by atoms with Crippen LogP contribution >= 0.6 is 0 Å². The minimum absolute atomic E-state index is 0.220. The van der Waals surface area contributed by atoms with E-state index >= 15 is 0 Å². The van der Waals surface area contributed by atoms with Crippen molar-refractivity contribution in [3.05, 3.63) is 75.3 Å². The van der Waals surface area contributed by atoms with E-state index in [9.17, 15) is 14.9 Å². The molecule has 1 amide bonds. The number of hydrogen-bond acceptors (Lipinski definition) is 4. The van der Waals surface area contributed by atoms with E-state index in [1.807, 2.05) is 43.3 Å². The van der Waals surface area contributed by atoms with Crippen molar-refractivity contribution in [1.29, 1.82) is 0 Å². The summed E-state index contributed by atoms with van der Waals surface area (Å²) in [4.78, 5) is 24.9. The average molecular weight is 365 g/mol. The Morgan fingerprint density at radius 1 is 1.11 bits per heavy atom. The number of hydrogen-bond donors (Lipinski definition) is 2. The van der Waals surface area contributed by atoms with E-state index < -0.39 is 17.5 Å². The summed E-state index contributed by atoms with van der Waals surface area (Å²) in [7, 11) is 0. The molecule has 0 radical (unpaired) electrons. The van der Waals surface area contributed by atoms with E-state index in [0.29, 0.717) is 17.2 Å². The Balaban J connectivity index is 1.83. The van der Waals surface area contributed by atoms with Crippen LogP contribution in [0.3, 0.4) is 0 Å². The molecule has 2 aliphatic rings. The van der Waals surface area contributed by atoms with Gasteiger partial charge < -0.3 is 5.32 Å². The zero-order chi connectivity index (χ0) is 19.3. The van der Waals surface area contributed by atoms with Crippen LogP contribution in [-0.4, -0.2) is 22.9 Å². The van der Waals surface area contributed by atoms with Gasteiger partial charge in [-0.05, 0) is 30.0 Å². The summed E-state index contributed by atoms with van der Waals surface area (Å²) in [6.07, 6.45) is 0. The van der Waals surface area contributed by atoms with Gasteiger partial charge in [-0.1, -0.05) is 56.3 Å². The number of nitrogens with one attached hydrogen (secondary N) is 2. The number of rotatable bonds is 3. The van der Waals surface area contributed by atoms with Crippen LogP contribution in [0, 0.1) is 10.1 Å². The molecule has 0 saturated carbocycles. The summed E-state index contributed by atoms with van der Waals surface area (Å²) in [5.41, 5.74) is 2.03. The first-order chi connectivity index (χ1) is 12.9. The van der Waals surface area contributed by atoms with Crippen molar-refractivity contribution in [2.45, 2.75) is 50.2 Å². The van der Waals surface area contributed by atoms with Gasteiger partial charge in [0, 0.05) is 22.2 Å². The lowest BCUT2D eigenvalue weighted by atomic mass is 9.78. The Hall–Kier alpha value is -2.73. The number of nitro groups is 1. The van der Waals surface area contributed by atoms with Crippen molar-refractivity contribution in [2.75, 3.05) is 5.32 Å². The lowest BCUT2D eigenvalue weighted by molar-refractivity contribution is -0.532. The van der Waals surface area contributed by atoms with Crippen LogP contribution in [0.5, 0.6) is 0 Å². The maximum atomic E-state index is 13.0. The number of carbonyl (C=O) groups excluding carboxylic acids is 1. The first-order valence-electron chi connectivity index (χ1n) is 9.28. The number of nitrogens with zero attached hydrogens (tertiary/aromatic N) is 1. The fourth-order valence-electron chi connectivity index (χ4n) is 4.66. The summed E-state index contributed by atoms with van der Waals surface area (Å²) < 4.78 is 0. The van der Waals surface area contributed by atoms with Crippen LogP contribution in [-0.2, 0) is 10.3 Å². The molecule has 4 rings (SSSR count). The molecule has 1 saturated heterocycles. The first kappa shape index (κ1) is 17.7. The van der Waals surface area contributed by atoms with Crippen molar-refractivity contribution < 1.29 is 9.72 Å². The fourth-order valence-corrected chi connectivity index (χ4v) is 4.66. The molecule has 2 aromatic rings. The summed E-state index contributed by atoms with van der Waals surface area (Å²) in [5, 5.41) is 18.3. The van der Waals surface area contributed by atoms with Crippen molar-refractivity contribution in [3.63, 3.8) is 0 Å². The number of fused-ring (bicyclic) bond motifs is 2. The minimum Gasteiger partial charge on any atom is -0.324 e. The molecule has 0 aromatic heterocycles. The molecule has 2 aliphatic heterocycles. The highest BCUT2D eigenvalue weighted by atomic mass is 16.6. The zero-order valence-corrected chi connectivity index (χ0v) is 15.6. The van der Waals surface area contributed by atoms with Crippen molar-refractivity contribution in [3.8, 4) is 0 Å². The molecule has 2 N–H and O–H groups in total. The second kappa shape index (κ2) is 6.16. The summed E-state index contributed by atoms with van der Waals surface area (Å²) >= 11 is 0. The molecule has 4 atom stereocenters. The maximum Gasteiger partial charge on any atom is 0.256 e. The van der Waals surface area contributed by atoms with E-state index in [0.717, 1.165) is 5.56 Å². The van der Waals surface area contributed by atoms with Crippen molar-refractivity contribution in [2.24, 2.45) is 0 Å².